The molecule has 0 spiro atoms. The number of amides is 2. The van der Waals surface area contributed by atoms with Crippen LogP contribution in [0, 0.1) is 5.92 Å². The number of carbonyl (C=O) groups is 2. The fourth-order valence-corrected chi connectivity index (χ4v) is 4.17. The first kappa shape index (κ1) is 18.0. The van der Waals surface area contributed by atoms with E-state index in [2.05, 4.69) is 20.6 Å². The van der Waals surface area contributed by atoms with Gasteiger partial charge < -0.3 is 20.5 Å². The van der Waals surface area contributed by atoms with Gasteiger partial charge in [-0.15, -0.1) is 0 Å². The number of nitrogens with one attached hydrogen (secondary N) is 3. The SMILES string of the molecule is O=C(NCC1CCCN(C(=O)Cc2c[nH]c3ncccc23)C1)C1CCCN1. The first-order valence-electron chi connectivity index (χ1n) is 9.90. The van der Waals surface area contributed by atoms with Crippen LogP contribution in [0.25, 0.3) is 11.0 Å². The van der Waals surface area contributed by atoms with E-state index >= 15 is 0 Å². The van der Waals surface area contributed by atoms with Gasteiger partial charge in [0.05, 0.1) is 12.5 Å². The third-order valence-corrected chi connectivity index (χ3v) is 5.69. The molecule has 0 radical (unpaired) electrons. The van der Waals surface area contributed by atoms with E-state index in [1.54, 1.807) is 6.20 Å². The van der Waals surface area contributed by atoms with Crippen molar-refractivity contribution in [1.82, 2.24) is 25.5 Å². The number of nitrogens with zero attached hydrogens (tertiary/aromatic N) is 2. The third-order valence-electron chi connectivity index (χ3n) is 5.69. The number of piperidine rings is 1. The number of aromatic nitrogens is 2. The summed E-state index contributed by atoms with van der Waals surface area (Å²) in [6, 6.07) is 3.84. The van der Waals surface area contributed by atoms with Crippen molar-refractivity contribution in [2.75, 3.05) is 26.2 Å². The second-order valence-corrected chi connectivity index (χ2v) is 7.63. The summed E-state index contributed by atoms with van der Waals surface area (Å²) in [6.07, 6.45) is 8.04. The first-order chi connectivity index (χ1) is 13.2. The van der Waals surface area contributed by atoms with E-state index in [1.165, 1.54) is 0 Å². The monoisotopic (exact) mass is 369 g/mol. The van der Waals surface area contributed by atoms with Gasteiger partial charge in [0.1, 0.15) is 5.65 Å². The summed E-state index contributed by atoms with van der Waals surface area (Å²) in [5.74, 6) is 0.577. The largest absolute Gasteiger partial charge is 0.354 e. The normalized spacial score (nSPS) is 22.9. The Hall–Kier alpha value is -2.41. The molecule has 4 rings (SSSR count). The van der Waals surface area contributed by atoms with Crippen molar-refractivity contribution < 1.29 is 9.59 Å². The van der Waals surface area contributed by atoms with Gasteiger partial charge in [-0.1, -0.05) is 0 Å². The van der Waals surface area contributed by atoms with Crippen molar-refractivity contribution in [3.8, 4) is 0 Å². The van der Waals surface area contributed by atoms with Gasteiger partial charge in [-0.25, -0.2) is 4.98 Å². The fraction of sp³-hybridized carbons (Fsp3) is 0.550. The summed E-state index contributed by atoms with van der Waals surface area (Å²) in [5, 5.41) is 7.31. The number of likely N-dealkylation sites (tertiary alicyclic amines) is 1. The Morgan fingerprint density at radius 3 is 3.07 bits per heavy atom. The van der Waals surface area contributed by atoms with Crippen LogP contribution < -0.4 is 10.6 Å². The number of rotatable bonds is 5. The van der Waals surface area contributed by atoms with Gasteiger partial charge in [0.2, 0.25) is 11.8 Å². The van der Waals surface area contributed by atoms with E-state index in [4.69, 9.17) is 0 Å². The lowest BCUT2D eigenvalue weighted by Crippen LogP contribution is -2.47. The zero-order valence-corrected chi connectivity index (χ0v) is 15.5. The molecule has 144 valence electrons. The standard InChI is InChI=1S/C20H27N5O2/c26-18(10-15-12-23-19-16(15)5-1-8-22-19)25-9-3-4-14(13-25)11-24-20(27)17-6-2-7-21-17/h1,5,8,12,14,17,21H,2-4,6-7,9-11,13H2,(H,22,23)(H,24,27). The predicted octanol–water partition coefficient (Wildman–Crippen LogP) is 1.21. The zero-order valence-electron chi connectivity index (χ0n) is 15.5. The zero-order chi connectivity index (χ0) is 18.6. The molecule has 7 heteroatoms. The van der Waals surface area contributed by atoms with Gasteiger partial charge in [-0.05, 0) is 55.8 Å². The molecule has 0 bridgehead atoms. The highest BCUT2D eigenvalue weighted by molar-refractivity contribution is 5.87. The highest BCUT2D eigenvalue weighted by atomic mass is 16.2. The van der Waals surface area contributed by atoms with Gasteiger partial charge in [0.15, 0.2) is 0 Å². The van der Waals surface area contributed by atoms with Crippen LogP contribution in [-0.2, 0) is 16.0 Å². The Morgan fingerprint density at radius 2 is 2.22 bits per heavy atom. The molecule has 2 saturated heterocycles. The van der Waals surface area contributed by atoms with Crippen molar-refractivity contribution in [3.05, 3.63) is 30.1 Å². The fourth-order valence-electron chi connectivity index (χ4n) is 4.17. The van der Waals surface area contributed by atoms with E-state index in [0.29, 0.717) is 18.9 Å². The van der Waals surface area contributed by atoms with E-state index in [0.717, 1.165) is 61.9 Å². The number of aromatic amines is 1. The summed E-state index contributed by atoms with van der Waals surface area (Å²) < 4.78 is 0. The van der Waals surface area contributed by atoms with Crippen molar-refractivity contribution in [3.63, 3.8) is 0 Å². The van der Waals surface area contributed by atoms with Gasteiger partial charge in [0.25, 0.3) is 0 Å². The second-order valence-electron chi connectivity index (χ2n) is 7.63. The number of carbonyl (C=O) groups excluding carboxylic acids is 2. The summed E-state index contributed by atoms with van der Waals surface area (Å²) in [6.45, 7) is 3.09. The molecule has 0 aromatic carbocycles. The molecule has 0 saturated carbocycles. The number of H-pyrrole nitrogens is 1. The Labute approximate surface area is 158 Å². The Bertz CT molecular complexity index is 812. The van der Waals surface area contributed by atoms with Crippen molar-refractivity contribution in [1.29, 1.82) is 0 Å². The number of hydrogen-bond donors (Lipinski definition) is 3. The molecule has 2 aromatic rings. The first-order valence-corrected chi connectivity index (χ1v) is 9.90. The minimum atomic E-state index is -0.0400. The van der Waals surface area contributed by atoms with Crippen LogP contribution in [0.1, 0.15) is 31.2 Å². The second kappa shape index (κ2) is 8.08. The quantitative estimate of drug-likeness (QED) is 0.739. The minimum absolute atomic E-state index is 0.0400. The smallest absolute Gasteiger partial charge is 0.237 e. The Balaban J connectivity index is 1.31. The van der Waals surface area contributed by atoms with Crippen LogP contribution in [0.2, 0.25) is 0 Å². The van der Waals surface area contributed by atoms with E-state index < -0.39 is 0 Å². The highest BCUT2D eigenvalue weighted by Crippen LogP contribution is 2.20. The maximum absolute atomic E-state index is 12.8. The Kier molecular flexibility index (Phi) is 5.38. The molecule has 2 aliphatic heterocycles. The number of fused-ring (bicyclic) bond motifs is 1. The molecule has 4 heterocycles. The van der Waals surface area contributed by atoms with E-state index in [1.807, 2.05) is 23.2 Å². The molecular formula is C20H27N5O2. The van der Waals surface area contributed by atoms with Crippen molar-refractivity contribution in [2.24, 2.45) is 5.92 Å². The predicted molar refractivity (Wildman–Crippen MR) is 103 cm³/mol. The molecule has 7 nitrogen and oxygen atoms in total. The molecule has 2 fully saturated rings. The summed E-state index contributed by atoms with van der Waals surface area (Å²) in [7, 11) is 0. The lowest BCUT2D eigenvalue weighted by molar-refractivity contribution is -0.132. The average molecular weight is 369 g/mol. The lowest BCUT2D eigenvalue weighted by Gasteiger charge is -2.33. The number of pyridine rings is 1. The maximum Gasteiger partial charge on any atom is 0.237 e. The van der Waals surface area contributed by atoms with Gasteiger partial charge >= 0.3 is 0 Å². The highest BCUT2D eigenvalue weighted by Gasteiger charge is 2.26. The maximum atomic E-state index is 12.8. The Morgan fingerprint density at radius 1 is 1.30 bits per heavy atom. The molecule has 2 aliphatic rings. The van der Waals surface area contributed by atoms with Crippen LogP contribution in [0.3, 0.4) is 0 Å². The topological polar surface area (TPSA) is 90.1 Å². The van der Waals surface area contributed by atoms with Crippen LogP contribution in [-0.4, -0.2) is 58.9 Å². The van der Waals surface area contributed by atoms with Gasteiger partial charge in [-0.2, -0.15) is 0 Å². The molecule has 27 heavy (non-hydrogen) atoms. The van der Waals surface area contributed by atoms with E-state index in [-0.39, 0.29) is 17.9 Å². The van der Waals surface area contributed by atoms with Crippen molar-refractivity contribution in [2.45, 2.75) is 38.1 Å². The molecule has 0 aliphatic carbocycles. The summed E-state index contributed by atoms with van der Waals surface area (Å²) in [4.78, 5) is 34.3. The summed E-state index contributed by atoms with van der Waals surface area (Å²) >= 11 is 0. The lowest BCUT2D eigenvalue weighted by atomic mass is 9.97. The van der Waals surface area contributed by atoms with Crippen LogP contribution >= 0.6 is 0 Å². The molecule has 2 unspecified atom stereocenters. The van der Waals surface area contributed by atoms with Gasteiger partial charge in [-0.3, -0.25) is 9.59 Å². The average Bonchev–Trinajstić information content (AvgIpc) is 3.37. The molecule has 3 N–H and O–H groups in total. The van der Waals surface area contributed by atoms with Crippen molar-refractivity contribution >= 4 is 22.8 Å². The summed E-state index contributed by atoms with van der Waals surface area (Å²) in [5.41, 5.74) is 1.81. The minimum Gasteiger partial charge on any atom is -0.354 e. The van der Waals surface area contributed by atoms with Crippen LogP contribution in [0.4, 0.5) is 0 Å². The van der Waals surface area contributed by atoms with Crippen LogP contribution in [0.15, 0.2) is 24.5 Å². The molecule has 2 amide bonds. The van der Waals surface area contributed by atoms with Crippen LogP contribution in [0.5, 0.6) is 0 Å². The van der Waals surface area contributed by atoms with E-state index in [9.17, 15) is 9.59 Å². The molecule has 2 aromatic heterocycles. The third kappa shape index (κ3) is 4.13. The molecular weight excluding hydrogens is 342 g/mol. The number of hydrogen-bond acceptors (Lipinski definition) is 4. The van der Waals surface area contributed by atoms with Gasteiger partial charge in [0, 0.05) is 37.4 Å². The molecule has 2 atom stereocenters.